The molecule has 8 heteroatoms. The topological polar surface area (TPSA) is 90.3 Å². The van der Waals surface area contributed by atoms with Crippen LogP contribution in [0.25, 0.3) is 21.7 Å². The summed E-state index contributed by atoms with van der Waals surface area (Å²) >= 11 is 1.71. The molecular formula is C32H37N5O2S. The Morgan fingerprint density at radius 1 is 1.10 bits per heavy atom. The molecule has 0 radical (unpaired) electrons. The van der Waals surface area contributed by atoms with Gasteiger partial charge < -0.3 is 20.3 Å². The summed E-state index contributed by atoms with van der Waals surface area (Å²) in [7, 11) is 0. The van der Waals surface area contributed by atoms with Crippen molar-refractivity contribution in [2.45, 2.75) is 64.0 Å². The molecule has 3 aliphatic heterocycles. The maximum absolute atomic E-state index is 11.9. The summed E-state index contributed by atoms with van der Waals surface area (Å²) in [6, 6.07) is 14.7. The molecule has 2 fully saturated rings. The fraction of sp³-hybridized carbons (Fsp3) is 0.469. The van der Waals surface area contributed by atoms with Crippen molar-refractivity contribution in [3.63, 3.8) is 0 Å². The van der Waals surface area contributed by atoms with Gasteiger partial charge in [-0.15, -0.1) is 11.3 Å². The minimum Gasteiger partial charge on any atom is -0.493 e. The van der Waals surface area contributed by atoms with Gasteiger partial charge in [0.15, 0.2) is 0 Å². The first-order chi connectivity index (χ1) is 19.5. The second kappa shape index (κ2) is 11.7. The molecule has 2 N–H and O–H groups in total. The monoisotopic (exact) mass is 555 g/mol. The lowest BCUT2D eigenvalue weighted by Gasteiger charge is -2.44. The van der Waals surface area contributed by atoms with E-state index in [1.54, 1.807) is 11.3 Å². The number of carbonyl (C=O) groups excluding carboxylic acids is 1. The van der Waals surface area contributed by atoms with Crippen LogP contribution in [-0.4, -0.2) is 54.1 Å². The number of amides is 1. The predicted octanol–water partition coefficient (Wildman–Crippen LogP) is 5.21. The van der Waals surface area contributed by atoms with Crippen LogP contribution in [0.15, 0.2) is 36.4 Å². The molecule has 2 aromatic carbocycles. The molecule has 2 saturated heterocycles. The van der Waals surface area contributed by atoms with Crippen LogP contribution in [0.4, 0.5) is 0 Å². The number of likely N-dealkylation sites (tertiary alicyclic amines) is 1. The number of carbonyl (C=O) groups is 1. The van der Waals surface area contributed by atoms with E-state index in [1.165, 1.54) is 4.88 Å². The Labute approximate surface area is 240 Å². The first kappa shape index (κ1) is 26.9. The molecule has 3 aliphatic rings. The van der Waals surface area contributed by atoms with Crippen LogP contribution in [-0.2, 0) is 17.8 Å². The van der Waals surface area contributed by atoms with E-state index in [4.69, 9.17) is 9.72 Å². The standard InChI is InChI=1S/C32H37N5O2S/c1-22-23(24-7-2-8-25(26(24)20-33)31-35-27-21-34-15-11-29(27)40-31)6-3-9-28(22)39-19-5-16-37-17-13-32(14-18-37)12-4-10-30(38)36-32/h2-3,6-9,34H,4-5,10-19,21H2,1H3,(H,36,38). The zero-order valence-electron chi connectivity index (χ0n) is 23.2. The molecule has 208 valence electrons. The minimum absolute atomic E-state index is 0.0373. The Morgan fingerprint density at radius 2 is 1.90 bits per heavy atom. The Balaban J connectivity index is 1.10. The van der Waals surface area contributed by atoms with Gasteiger partial charge in [-0.1, -0.05) is 30.3 Å². The van der Waals surface area contributed by atoms with Gasteiger partial charge in [0.25, 0.3) is 0 Å². The Morgan fingerprint density at radius 3 is 2.70 bits per heavy atom. The molecule has 0 unspecified atom stereocenters. The summed E-state index contributed by atoms with van der Waals surface area (Å²) in [6.07, 6.45) is 6.84. The number of hydrogen-bond donors (Lipinski definition) is 2. The quantitative estimate of drug-likeness (QED) is 0.389. The van der Waals surface area contributed by atoms with E-state index in [0.29, 0.717) is 18.6 Å². The number of aromatic nitrogens is 1. The van der Waals surface area contributed by atoms with E-state index < -0.39 is 0 Å². The van der Waals surface area contributed by atoms with Crippen LogP contribution in [0.3, 0.4) is 0 Å². The summed E-state index contributed by atoms with van der Waals surface area (Å²) in [5.41, 5.74) is 5.71. The second-order valence-corrected chi connectivity index (χ2v) is 12.4. The second-order valence-electron chi connectivity index (χ2n) is 11.3. The van der Waals surface area contributed by atoms with Gasteiger partial charge in [0, 0.05) is 60.7 Å². The maximum atomic E-state index is 11.9. The van der Waals surface area contributed by atoms with Gasteiger partial charge in [0.1, 0.15) is 16.8 Å². The minimum atomic E-state index is 0.0373. The number of ether oxygens (including phenoxy) is 1. The van der Waals surface area contributed by atoms with Crippen molar-refractivity contribution in [1.82, 2.24) is 20.5 Å². The Kier molecular flexibility index (Phi) is 7.88. The van der Waals surface area contributed by atoms with Gasteiger partial charge in [-0.25, -0.2) is 4.98 Å². The SMILES string of the molecule is Cc1c(OCCCN2CCC3(CCCC(=O)N3)CC2)cccc1-c1cccc(-c2nc3c(s2)CCNC3)c1C#N. The lowest BCUT2D eigenvalue weighted by molar-refractivity contribution is -0.126. The highest BCUT2D eigenvalue weighted by Gasteiger charge is 2.37. The lowest BCUT2D eigenvalue weighted by atomic mass is 9.80. The van der Waals surface area contributed by atoms with E-state index in [9.17, 15) is 10.1 Å². The molecule has 0 bridgehead atoms. The zero-order chi connectivity index (χ0) is 27.5. The molecule has 1 spiro atoms. The van der Waals surface area contributed by atoms with Crippen molar-refractivity contribution in [2.24, 2.45) is 0 Å². The third-order valence-corrected chi connectivity index (χ3v) is 9.92. The fourth-order valence-corrected chi connectivity index (χ4v) is 7.55. The highest BCUT2D eigenvalue weighted by atomic mass is 32.1. The van der Waals surface area contributed by atoms with Crippen LogP contribution >= 0.6 is 11.3 Å². The summed E-state index contributed by atoms with van der Waals surface area (Å²) in [6.45, 7) is 7.55. The smallest absolute Gasteiger partial charge is 0.220 e. The largest absolute Gasteiger partial charge is 0.493 e. The molecule has 4 heterocycles. The number of hydrogen-bond acceptors (Lipinski definition) is 7. The lowest BCUT2D eigenvalue weighted by Crippen LogP contribution is -2.57. The third kappa shape index (κ3) is 5.51. The van der Waals surface area contributed by atoms with Gasteiger partial charge in [0.05, 0.1) is 17.9 Å². The number of benzene rings is 2. The van der Waals surface area contributed by atoms with Crippen molar-refractivity contribution < 1.29 is 9.53 Å². The van der Waals surface area contributed by atoms with Crippen LogP contribution in [0.1, 0.15) is 60.2 Å². The van der Waals surface area contributed by atoms with Gasteiger partial charge >= 0.3 is 0 Å². The highest BCUT2D eigenvalue weighted by Crippen LogP contribution is 2.38. The molecule has 0 aliphatic carbocycles. The molecule has 1 aromatic heterocycles. The number of thiazole rings is 1. The summed E-state index contributed by atoms with van der Waals surface area (Å²) in [4.78, 5) is 20.6. The average Bonchev–Trinajstić information content (AvgIpc) is 3.41. The number of fused-ring (bicyclic) bond motifs is 1. The van der Waals surface area contributed by atoms with Gasteiger partial charge in [-0.3, -0.25) is 4.79 Å². The van der Waals surface area contributed by atoms with Crippen LogP contribution < -0.4 is 15.4 Å². The number of nitriles is 1. The Bertz CT molecular complexity index is 1410. The number of rotatable bonds is 7. The molecule has 3 aromatic rings. The normalized spacial score (nSPS) is 18.6. The zero-order valence-corrected chi connectivity index (χ0v) is 24.0. The van der Waals surface area contributed by atoms with E-state index in [0.717, 1.165) is 110 Å². The van der Waals surface area contributed by atoms with Crippen LogP contribution in [0.2, 0.25) is 0 Å². The third-order valence-electron chi connectivity index (χ3n) is 8.73. The maximum Gasteiger partial charge on any atom is 0.220 e. The van der Waals surface area contributed by atoms with E-state index >= 15 is 0 Å². The predicted molar refractivity (Wildman–Crippen MR) is 158 cm³/mol. The summed E-state index contributed by atoms with van der Waals surface area (Å²) < 4.78 is 6.27. The highest BCUT2D eigenvalue weighted by molar-refractivity contribution is 7.15. The molecule has 0 atom stereocenters. The first-order valence-corrected chi connectivity index (χ1v) is 15.4. The Hall–Kier alpha value is -3.25. The van der Waals surface area contributed by atoms with Gasteiger partial charge in [-0.05, 0) is 62.6 Å². The van der Waals surface area contributed by atoms with Crippen LogP contribution in [0, 0.1) is 18.3 Å². The number of piperidine rings is 2. The number of nitrogens with zero attached hydrogens (tertiary/aromatic N) is 3. The van der Waals surface area contributed by atoms with Crippen molar-refractivity contribution in [3.05, 3.63) is 58.1 Å². The molecule has 1 amide bonds. The summed E-state index contributed by atoms with van der Waals surface area (Å²) in [5.74, 6) is 1.09. The van der Waals surface area contributed by atoms with E-state index in [-0.39, 0.29) is 11.4 Å². The molecule has 6 rings (SSSR count). The van der Waals surface area contributed by atoms with Crippen molar-refractivity contribution in [3.8, 4) is 33.5 Å². The molecule has 40 heavy (non-hydrogen) atoms. The molecule has 7 nitrogen and oxygen atoms in total. The van der Waals surface area contributed by atoms with Gasteiger partial charge in [0.2, 0.25) is 5.91 Å². The van der Waals surface area contributed by atoms with E-state index in [1.807, 2.05) is 30.3 Å². The van der Waals surface area contributed by atoms with Crippen molar-refractivity contribution in [1.29, 1.82) is 5.26 Å². The van der Waals surface area contributed by atoms with Gasteiger partial charge in [-0.2, -0.15) is 5.26 Å². The van der Waals surface area contributed by atoms with Crippen LogP contribution in [0.5, 0.6) is 5.75 Å². The van der Waals surface area contributed by atoms with Crippen molar-refractivity contribution in [2.75, 3.05) is 32.8 Å². The molecular weight excluding hydrogens is 518 g/mol. The average molecular weight is 556 g/mol. The number of nitrogens with one attached hydrogen (secondary N) is 2. The van der Waals surface area contributed by atoms with Crippen molar-refractivity contribution >= 4 is 17.2 Å². The fourth-order valence-electron chi connectivity index (χ4n) is 6.44. The molecule has 0 saturated carbocycles. The first-order valence-electron chi connectivity index (χ1n) is 14.5. The summed E-state index contributed by atoms with van der Waals surface area (Å²) in [5, 5.41) is 17.8. The van der Waals surface area contributed by atoms with E-state index in [2.05, 4.69) is 34.6 Å².